The van der Waals surface area contributed by atoms with Gasteiger partial charge in [0.15, 0.2) is 6.10 Å². The van der Waals surface area contributed by atoms with Gasteiger partial charge in [-0.05, 0) is 24.6 Å². The first kappa shape index (κ1) is 12.3. The molecule has 1 heterocycles. The Labute approximate surface area is 92.4 Å². The van der Waals surface area contributed by atoms with Gasteiger partial charge in [-0.3, -0.25) is 0 Å². The first-order valence-corrected chi connectivity index (χ1v) is 5.80. The van der Waals surface area contributed by atoms with Crippen LogP contribution in [0.15, 0.2) is 0 Å². The van der Waals surface area contributed by atoms with Crippen molar-refractivity contribution in [3.63, 3.8) is 0 Å². The largest absolute Gasteiger partial charge is 0.426 e. The fourth-order valence-corrected chi connectivity index (χ4v) is 1.52. The van der Waals surface area contributed by atoms with Crippen molar-refractivity contribution in [1.82, 2.24) is 0 Å². The summed E-state index contributed by atoms with van der Waals surface area (Å²) in [7, 11) is 0. The minimum atomic E-state index is -0.484. The Kier molecular flexibility index (Phi) is 5.49. The molecule has 1 saturated heterocycles. The van der Waals surface area contributed by atoms with Crippen LogP contribution in [0.2, 0.25) is 0 Å². The lowest BCUT2D eigenvalue weighted by atomic mass is 10.2. The van der Waals surface area contributed by atoms with E-state index in [1.54, 1.807) is 0 Å². The van der Waals surface area contributed by atoms with Crippen molar-refractivity contribution in [1.29, 1.82) is 0 Å². The van der Waals surface area contributed by atoms with Crippen LogP contribution >= 0.6 is 11.8 Å². The highest BCUT2D eigenvalue weighted by Crippen LogP contribution is 2.13. The van der Waals surface area contributed by atoms with Gasteiger partial charge in [0, 0.05) is 12.4 Å². The van der Waals surface area contributed by atoms with E-state index in [9.17, 15) is 9.59 Å². The molecule has 1 unspecified atom stereocenters. The topological polar surface area (TPSA) is 61.8 Å². The summed E-state index contributed by atoms with van der Waals surface area (Å²) in [6.45, 7) is 2.10. The predicted octanol–water partition coefficient (Wildman–Crippen LogP) is 1.56. The second-order valence-electron chi connectivity index (χ2n) is 2.91. The lowest BCUT2D eigenvalue weighted by molar-refractivity contribution is -0.161. The summed E-state index contributed by atoms with van der Waals surface area (Å²) in [6.07, 6.45) is 1.06. The van der Waals surface area contributed by atoms with E-state index in [-0.39, 0.29) is 6.79 Å². The number of thioether (sulfide) groups is 1. The van der Waals surface area contributed by atoms with Gasteiger partial charge in [-0.1, -0.05) is 6.92 Å². The number of carbonyl (C=O) groups excluding carboxylic acids is 2. The van der Waals surface area contributed by atoms with Gasteiger partial charge < -0.3 is 14.2 Å². The summed E-state index contributed by atoms with van der Waals surface area (Å²) in [6, 6.07) is 0. The van der Waals surface area contributed by atoms with Crippen LogP contribution in [0.4, 0.5) is 4.79 Å². The average molecular weight is 234 g/mol. The van der Waals surface area contributed by atoms with Crippen molar-refractivity contribution >= 4 is 23.0 Å². The van der Waals surface area contributed by atoms with Crippen LogP contribution in [-0.4, -0.2) is 36.5 Å². The van der Waals surface area contributed by atoms with Crippen molar-refractivity contribution < 1.29 is 23.8 Å². The van der Waals surface area contributed by atoms with E-state index in [1.165, 1.54) is 0 Å². The van der Waals surface area contributed by atoms with E-state index in [0.717, 1.165) is 18.2 Å². The summed E-state index contributed by atoms with van der Waals surface area (Å²) < 4.78 is 14.5. The van der Waals surface area contributed by atoms with Crippen molar-refractivity contribution in [2.45, 2.75) is 25.9 Å². The van der Waals surface area contributed by atoms with Gasteiger partial charge >= 0.3 is 11.3 Å². The molecule has 1 fully saturated rings. The molecule has 1 aliphatic rings. The van der Waals surface area contributed by atoms with E-state index < -0.39 is 17.4 Å². The van der Waals surface area contributed by atoms with Gasteiger partial charge in [0.25, 0.3) is 0 Å². The molecule has 0 amide bonds. The molecule has 0 saturated carbocycles. The highest BCUT2D eigenvalue weighted by Gasteiger charge is 2.25. The maximum absolute atomic E-state index is 11.2. The third kappa shape index (κ3) is 4.53. The first-order chi connectivity index (χ1) is 7.24. The monoisotopic (exact) mass is 234 g/mol. The highest BCUT2D eigenvalue weighted by molar-refractivity contribution is 8.13. The van der Waals surface area contributed by atoms with Crippen LogP contribution in [0.3, 0.4) is 0 Å². The van der Waals surface area contributed by atoms with E-state index in [2.05, 4.69) is 4.74 Å². The highest BCUT2D eigenvalue weighted by atomic mass is 32.2. The maximum Gasteiger partial charge on any atom is 0.370 e. The molecule has 1 rings (SSSR count). The molecule has 1 aliphatic heterocycles. The van der Waals surface area contributed by atoms with Crippen LogP contribution < -0.4 is 0 Å². The zero-order chi connectivity index (χ0) is 11.1. The second-order valence-corrected chi connectivity index (χ2v) is 4.11. The quantitative estimate of drug-likeness (QED) is 0.543. The number of rotatable bonds is 4. The minimum Gasteiger partial charge on any atom is -0.426 e. The SMILES string of the molecule is CCSC(=O)OCOC(=O)C1CCCO1. The van der Waals surface area contributed by atoms with Crippen LogP contribution in [-0.2, 0) is 19.0 Å². The number of carbonyl (C=O) groups is 2. The molecule has 0 bridgehead atoms. The molecule has 0 aliphatic carbocycles. The molecule has 86 valence electrons. The Balaban J connectivity index is 2.08. The molecule has 5 nitrogen and oxygen atoms in total. The van der Waals surface area contributed by atoms with Gasteiger partial charge in [0.1, 0.15) is 0 Å². The molecule has 1 atom stereocenters. The van der Waals surface area contributed by atoms with Crippen LogP contribution in [0, 0.1) is 0 Å². The zero-order valence-electron chi connectivity index (χ0n) is 8.56. The fraction of sp³-hybridized carbons (Fsp3) is 0.778. The van der Waals surface area contributed by atoms with Crippen molar-refractivity contribution in [2.75, 3.05) is 19.2 Å². The van der Waals surface area contributed by atoms with Gasteiger partial charge in [0.2, 0.25) is 6.79 Å². The molecule has 6 heteroatoms. The standard InChI is InChI=1S/C9H14O5S/c1-2-15-9(11)14-6-13-8(10)7-4-3-5-12-7/h7H,2-6H2,1H3. The van der Waals surface area contributed by atoms with Gasteiger partial charge in [-0.2, -0.15) is 0 Å². The number of hydrogen-bond donors (Lipinski definition) is 0. The first-order valence-electron chi connectivity index (χ1n) is 4.82. The molecule has 0 aromatic rings. The Bertz CT molecular complexity index is 225. The van der Waals surface area contributed by atoms with Gasteiger partial charge in [-0.25, -0.2) is 9.59 Å². The number of hydrogen-bond acceptors (Lipinski definition) is 6. The van der Waals surface area contributed by atoms with Crippen molar-refractivity contribution in [3.05, 3.63) is 0 Å². The lowest BCUT2D eigenvalue weighted by Gasteiger charge is -2.09. The zero-order valence-corrected chi connectivity index (χ0v) is 9.38. The number of esters is 1. The molecule has 0 radical (unpaired) electrons. The van der Waals surface area contributed by atoms with Crippen molar-refractivity contribution in [3.8, 4) is 0 Å². The van der Waals surface area contributed by atoms with Gasteiger partial charge in [-0.15, -0.1) is 0 Å². The Morgan fingerprint density at radius 3 is 2.87 bits per heavy atom. The molecule has 0 aromatic heterocycles. The smallest absolute Gasteiger partial charge is 0.370 e. The average Bonchev–Trinajstić information content (AvgIpc) is 2.70. The molecule has 0 aromatic carbocycles. The Hall–Kier alpha value is -0.750. The lowest BCUT2D eigenvalue weighted by Crippen LogP contribution is -2.23. The minimum absolute atomic E-state index is 0.329. The fourth-order valence-electron chi connectivity index (χ4n) is 1.15. The summed E-state index contributed by atoms with van der Waals surface area (Å²) in [5, 5.41) is -0.433. The third-order valence-corrected chi connectivity index (χ3v) is 2.47. The van der Waals surface area contributed by atoms with Crippen LogP contribution in [0.1, 0.15) is 19.8 Å². The van der Waals surface area contributed by atoms with E-state index in [0.29, 0.717) is 18.8 Å². The Morgan fingerprint density at radius 1 is 1.47 bits per heavy atom. The normalized spacial score (nSPS) is 19.9. The van der Waals surface area contributed by atoms with Crippen LogP contribution in [0.5, 0.6) is 0 Å². The summed E-state index contributed by atoms with van der Waals surface area (Å²) in [4.78, 5) is 22.1. The molecular formula is C9H14O5S. The summed E-state index contributed by atoms with van der Waals surface area (Å²) >= 11 is 1.03. The predicted molar refractivity (Wildman–Crippen MR) is 54.5 cm³/mol. The third-order valence-electron chi connectivity index (χ3n) is 1.83. The summed E-state index contributed by atoms with van der Waals surface area (Å²) in [5.41, 5.74) is 0. The van der Waals surface area contributed by atoms with E-state index >= 15 is 0 Å². The molecular weight excluding hydrogens is 220 g/mol. The van der Waals surface area contributed by atoms with Crippen molar-refractivity contribution in [2.24, 2.45) is 0 Å². The Morgan fingerprint density at radius 2 is 2.27 bits per heavy atom. The van der Waals surface area contributed by atoms with E-state index in [1.807, 2.05) is 6.92 Å². The molecule has 0 N–H and O–H groups in total. The molecule has 0 spiro atoms. The van der Waals surface area contributed by atoms with Gasteiger partial charge in [0.05, 0.1) is 0 Å². The summed E-state index contributed by atoms with van der Waals surface area (Å²) in [5.74, 6) is 0.181. The second kappa shape index (κ2) is 6.68. The van der Waals surface area contributed by atoms with Crippen LogP contribution in [0.25, 0.3) is 0 Å². The maximum atomic E-state index is 11.2. The molecule has 15 heavy (non-hydrogen) atoms. The van der Waals surface area contributed by atoms with E-state index in [4.69, 9.17) is 9.47 Å². The number of ether oxygens (including phenoxy) is 3.